The fraction of sp³-hybridized carbons (Fsp3) is 0.250. The summed E-state index contributed by atoms with van der Waals surface area (Å²) in [4.78, 5) is 52.9. The van der Waals surface area contributed by atoms with Gasteiger partial charge >= 0.3 is 0 Å². The summed E-state index contributed by atoms with van der Waals surface area (Å²) in [5.41, 5.74) is 0.480. The molecule has 0 N–H and O–H groups in total. The smallest absolute Gasteiger partial charge is 0.273 e. The summed E-state index contributed by atoms with van der Waals surface area (Å²) in [6, 6.07) is 12.6. The molecule has 1 fully saturated rings. The van der Waals surface area contributed by atoms with Crippen molar-refractivity contribution in [3.8, 4) is 0 Å². The molecular weight excluding hydrogens is 451 g/mol. The average molecular weight is 471 g/mol. The van der Waals surface area contributed by atoms with Gasteiger partial charge in [-0.05, 0) is 30.5 Å². The third-order valence-corrected chi connectivity index (χ3v) is 6.62. The van der Waals surface area contributed by atoms with Crippen molar-refractivity contribution in [1.82, 2.24) is 10.0 Å². The van der Waals surface area contributed by atoms with Crippen LogP contribution in [0, 0.1) is 17.8 Å². The lowest BCUT2D eigenvalue weighted by molar-refractivity contribution is -0.154. The molecule has 0 unspecified atom stereocenters. The molecule has 3 atom stereocenters. The third kappa shape index (κ3) is 3.96. The molecule has 6 nitrogen and oxygen atoms in total. The van der Waals surface area contributed by atoms with Gasteiger partial charge in [0.1, 0.15) is 6.54 Å². The minimum Gasteiger partial charge on any atom is -0.292 e. The van der Waals surface area contributed by atoms with Gasteiger partial charge in [-0.25, -0.2) is 5.01 Å². The maximum absolute atomic E-state index is 13.5. The standard InChI is InChI=1S/C24H20Cl2N2O4/c1-14-6-5-9-17-21(14)24(32)28(23(17)31)27(13-20(29)15-7-3-2-4-8-15)22(30)16-10-11-18(25)19(26)12-16/h2-8,10-12,14,17,21H,9,13H2,1H3/t14-,17+,21-/m0/s1. The molecular formula is C24H20Cl2N2O4. The highest BCUT2D eigenvalue weighted by Crippen LogP contribution is 2.39. The molecule has 8 heteroatoms. The van der Waals surface area contributed by atoms with Gasteiger partial charge < -0.3 is 0 Å². The Bertz CT molecular complexity index is 1130. The number of hydrazine groups is 1. The van der Waals surface area contributed by atoms with Crippen molar-refractivity contribution in [3.63, 3.8) is 0 Å². The molecule has 0 saturated carbocycles. The molecule has 1 aliphatic carbocycles. The second kappa shape index (κ2) is 8.88. The van der Waals surface area contributed by atoms with Crippen molar-refractivity contribution >= 4 is 46.7 Å². The first kappa shape index (κ1) is 22.2. The number of rotatable bonds is 5. The number of carbonyl (C=O) groups excluding carboxylic acids is 4. The van der Waals surface area contributed by atoms with Crippen molar-refractivity contribution in [2.24, 2.45) is 17.8 Å². The summed E-state index contributed by atoms with van der Waals surface area (Å²) in [5.74, 6) is -3.32. The lowest BCUT2D eigenvalue weighted by Crippen LogP contribution is -2.52. The van der Waals surface area contributed by atoms with Crippen LogP contribution >= 0.6 is 23.2 Å². The van der Waals surface area contributed by atoms with Crippen molar-refractivity contribution in [2.75, 3.05) is 6.54 Å². The van der Waals surface area contributed by atoms with Crippen molar-refractivity contribution in [1.29, 1.82) is 0 Å². The highest BCUT2D eigenvalue weighted by atomic mass is 35.5. The molecule has 0 radical (unpaired) electrons. The minimum absolute atomic E-state index is 0.113. The van der Waals surface area contributed by atoms with E-state index in [1.165, 1.54) is 18.2 Å². The number of imide groups is 1. The van der Waals surface area contributed by atoms with E-state index < -0.39 is 41.9 Å². The zero-order chi connectivity index (χ0) is 23.0. The molecule has 32 heavy (non-hydrogen) atoms. The Kier molecular flexibility index (Phi) is 6.17. The van der Waals surface area contributed by atoms with E-state index in [0.29, 0.717) is 12.0 Å². The topological polar surface area (TPSA) is 74.8 Å². The molecule has 0 aromatic heterocycles. The number of Topliss-reactive ketones (excluding diaryl/α,β-unsaturated/α-hetero) is 1. The molecule has 164 valence electrons. The summed E-state index contributed by atoms with van der Waals surface area (Å²) in [6.07, 6.45) is 4.19. The zero-order valence-corrected chi connectivity index (χ0v) is 18.7. The van der Waals surface area contributed by atoms with Gasteiger partial charge in [-0.2, -0.15) is 5.01 Å². The average Bonchev–Trinajstić information content (AvgIpc) is 3.05. The number of hydrogen-bond acceptors (Lipinski definition) is 4. The number of ketones is 1. The van der Waals surface area contributed by atoms with Gasteiger partial charge in [0, 0.05) is 11.1 Å². The van der Waals surface area contributed by atoms with Crippen LogP contribution in [0.5, 0.6) is 0 Å². The first-order chi connectivity index (χ1) is 15.3. The number of benzene rings is 2. The molecule has 4 rings (SSSR count). The van der Waals surface area contributed by atoms with Crippen LogP contribution < -0.4 is 0 Å². The van der Waals surface area contributed by atoms with E-state index in [0.717, 1.165) is 10.0 Å². The molecule has 1 saturated heterocycles. The third-order valence-electron chi connectivity index (χ3n) is 5.88. The van der Waals surface area contributed by atoms with Crippen LogP contribution in [0.2, 0.25) is 10.0 Å². The van der Waals surface area contributed by atoms with Crippen LogP contribution in [0.3, 0.4) is 0 Å². The van der Waals surface area contributed by atoms with Gasteiger partial charge in [0.2, 0.25) is 0 Å². The summed E-state index contributed by atoms with van der Waals surface area (Å²) in [7, 11) is 0. The van der Waals surface area contributed by atoms with E-state index in [9.17, 15) is 19.2 Å². The van der Waals surface area contributed by atoms with Gasteiger partial charge in [0.15, 0.2) is 5.78 Å². The molecule has 2 aliphatic rings. The van der Waals surface area contributed by atoms with Gasteiger partial charge in [-0.3, -0.25) is 19.2 Å². The molecule has 2 aromatic rings. The number of fused-ring (bicyclic) bond motifs is 1. The number of hydrogen-bond donors (Lipinski definition) is 0. The highest BCUT2D eigenvalue weighted by Gasteiger charge is 2.53. The number of amides is 3. The Hall–Kier alpha value is -2.96. The number of carbonyl (C=O) groups is 4. The Morgan fingerprint density at radius 2 is 1.72 bits per heavy atom. The Morgan fingerprint density at radius 1 is 1.00 bits per heavy atom. The van der Waals surface area contributed by atoms with E-state index in [1.54, 1.807) is 30.3 Å². The molecule has 0 spiro atoms. The molecule has 3 amide bonds. The molecule has 1 aliphatic heterocycles. The normalized spacial score (nSPS) is 22.1. The van der Waals surface area contributed by atoms with E-state index in [1.807, 2.05) is 19.1 Å². The van der Waals surface area contributed by atoms with Crippen molar-refractivity contribution < 1.29 is 19.2 Å². The maximum atomic E-state index is 13.5. The zero-order valence-electron chi connectivity index (χ0n) is 17.2. The van der Waals surface area contributed by atoms with Crippen LogP contribution in [-0.2, 0) is 9.59 Å². The predicted octanol–water partition coefficient (Wildman–Crippen LogP) is 4.43. The van der Waals surface area contributed by atoms with Crippen molar-refractivity contribution in [3.05, 3.63) is 81.9 Å². The lowest BCUT2D eigenvalue weighted by Gasteiger charge is -2.30. The minimum atomic E-state index is -0.686. The van der Waals surface area contributed by atoms with Crippen LogP contribution in [0.4, 0.5) is 0 Å². The number of allylic oxidation sites excluding steroid dienone is 2. The number of halogens is 2. The van der Waals surface area contributed by atoms with Gasteiger partial charge in [0.25, 0.3) is 17.7 Å². The molecule has 1 heterocycles. The Labute approximate surface area is 195 Å². The SMILES string of the molecule is C[C@H]1C=CC[C@H]2C(=O)N(N(CC(=O)c3ccccc3)C(=O)c3ccc(Cl)c(Cl)c3)C(=O)[C@@H]12. The Balaban J connectivity index is 1.72. The van der Waals surface area contributed by atoms with Crippen LogP contribution in [0.1, 0.15) is 34.1 Å². The van der Waals surface area contributed by atoms with Crippen molar-refractivity contribution in [2.45, 2.75) is 13.3 Å². The van der Waals surface area contributed by atoms with Gasteiger partial charge in [-0.1, -0.05) is 72.6 Å². The van der Waals surface area contributed by atoms with E-state index >= 15 is 0 Å². The maximum Gasteiger partial charge on any atom is 0.273 e. The number of nitrogens with zero attached hydrogens (tertiary/aromatic N) is 2. The second-order valence-corrected chi connectivity index (χ2v) is 8.74. The largest absolute Gasteiger partial charge is 0.292 e. The summed E-state index contributed by atoms with van der Waals surface area (Å²) in [6.45, 7) is 1.39. The molecule has 2 aromatic carbocycles. The first-order valence-electron chi connectivity index (χ1n) is 10.2. The first-order valence-corrected chi connectivity index (χ1v) is 10.9. The van der Waals surface area contributed by atoms with Gasteiger partial charge in [0.05, 0.1) is 21.9 Å². The summed E-state index contributed by atoms with van der Waals surface area (Å²) >= 11 is 12.0. The van der Waals surface area contributed by atoms with Crippen LogP contribution in [0.25, 0.3) is 0 Å². The summed E-state index contributed by atoms with van der Waals surface area (Å²) in [5, 5.41) is 2.20. The second-order valence-electron chi connectivity index (χ2n) is 7.92. The van der Waals surface area contributed by atoms with Crippen LogP contribution in [-0.4, -0.2) is 40.1 Å². The molecule has 0 bridgehead atoms. The monoisotopic (exact) mass is 470 g/mol. The van der Waals surface area contributed by atoms with E-state index in [4.69, 9.17) is 23.2 Å². The fourth-order valence-electron chi connectivity index (χ4n) is 4.23. The summed E-state index contributed by atoms with van der Waals surface area (Å²) < 4.78 is 0. The van der Waals surface area contributed by atoms with Gasteiger partial charge in [-0.15, -0.1) is 0 Å². The predicted molar refractivity (Wildman–Crippen MR) is 120 cm³/mol. The highest BCUT2D eigenvalue weighted by molar-refractivity contribution is 6.42. The fourth-order valence-corrected chi connectivity index (χ4v) is 4.53. The quantitative estimate of drug-likeness (QED) is 0.368. The lowest BCUT2D eigenvalue weighted by atomic mass is 9.78. The van der Waals surface area contributed by atoms with E-state index in [2.05, 4.69) is 0 Å². The van der Waals surface area contributed by atoms with Crippen LogP contribution in [0.15, 0.2) is 60.7 Å². The van der Waals surface area contributed by atoms with E-state index in [-0.39, 0.29) is 21.5 Å². The Morgan fingerprint density at radius 3 is 2.38 bits per heavy atom.